The molecule has 1 atom stereocenters. The minimum atomic E-state index is -0.822. The molecule has 2 rings (SSSR count). The summed E-state index contributed by atoms with van der Waals surface area (Å²) in [5, 5.41) is 4.08. The van der Waals surface area contributed by atoms with E-state index in [1.807, 2.05) is 32.0 Å². The van der Waals surface area contributed by atoms with Gasteiger partial charge >= 0.3 is 0 Å². The number of hydrogen-bond donors (Lipinski definition) is 1. The van der Waals surface area contributed by atoms with Gasteiger partial charge in [-0.15, -0.1) is 0 Å². The predicted octanol–water partition coefficient (Wildman–Crippen LogP) is 4.82. The normalized spacial score (nSPS) is 12.4. The maximum absolute atomic E-state index is 13.3. The van der Waals surface area contributed by atoms with Gasteiger partial charge in [0, 0.05) is 11.1 Å². The van der Waals surface area contributed by atoms with Gasteiger partial charge in [-0.2, -0.15) is 0 Å². The molecule has 0 radical (unpaired) electrons. The molecule has 0 heterocycles. The van der Waals surface area contributed by atoms with Crippen LogP contribution in [-0.4, -0.2) is 6.54 Å². The molecule has 0 aliphatic rings. The van der Waals surface area contributed by atoms with Gasteiger partial charge < -0.3 is 5.32 Å². The zero-order valence-electron chi connectivity index (χ0n) is 12.1. The Bertz CT molecular complexity index is 628. The largest absolute Gasteiger partial charge is 0.310 e. The molecular formula is C17H18ClF2N. The molecule has 1 nitrogen and oxygen atoms in total. The molecule has 0 aliphatic heterocycles. The first-order valence-electron chi connectivity index (χ1n) is 6.95. The lowest BCUT2D eigenvalue weighted by Crippen LogP contribution is -2.24. The Kier molecular flexibility index (Phi) is 5.32. The number of nitrogens with one attached hydrogen (secondary N) is 1. The number of likely N-dealkylation sites (N-methyl/N-ethyl adjacent to an activating group) is 1. The zero-order chi connectivity index (χ0) is 15.4. The summed E-state index contributed by atoms with van der Waals surface area (Å²) in [6, 6.07) is 9.80. The highest BCUT2D eigenvalue weighted by Gasteiger charge is 2.15. The Labute approximate surface area is 128 Å². The van der Waals surface area contributed by atoms with E-state index < -0.39 is 11.6 Å². The SMILES string of the molecule is CCNC(Cc1ccc(F)c(F)c1)c1cccc(Cl)c1C. The Morgan fingerprint density at radius 2 is 1.90 bits per heavy atom. The second-order valence-corrected chi connectivity index (χ2v) is 5.42. The van der Waals surface area contributed by atoms with Crippen molar-refractivity contribution in [3.8, 4) is 0 Å². The van der Waals surface area contributed by atoms with E-state index in [9.17, 15) is 8.78 Å². The molecule has 1 unspecified atom stereocenters. The quantitative estimate of drug-likeness (QED) is 0.835. The summed E-state index contributed by atoms with van der Waals surface area (Å²) >= 11 is 6.17. The van der Waals surface area contributed by atoms with Crippen molar-refractivity contribution in [1.29, 1.82) is 0 Å². The second kappa shape index (κ2) is 7.01. The Hall–Kier alpha value is -1.45. The molecule has 21 heavy (non-hydrogen) atoms. The van der Waals surface area contributed by atoms with Crippen molar-refractivity contribution in [2.24, 2.45) is 0 Å². The van der Waals surface area contributed by atoms with Crippen molar-refractivity contribution < 1.29 is 8.78 Å². The standard InChI is InChI=1S/C17H18ClF2N/c1-3-21-17(13-5-4-6-14(18)11(13)2)10-12-7-8-15(19)16(20)9-12/h4-9,17,21H,3,10H2,1-2H3. The summed E-state index contributed by atoms with van der Waals surface area (Å²) in [5.41, 5.74) is 2.83. The molecule has 2 aromatic carbocycles. The lowest BCUT2D eigenvalue weighted by Gasteiger charge is -2.21. The van der Waals surface area contributed by atoms with Crippen molar-refractivity contribution in [2.75, 3.05) is 6.54 Å². The fourth-order valence-corrected chi connectivity index (χ4v) is 2.62. The molecule has 112 valence electrons. The van der Waals surface area contributed by atoms with Gasteiger partial charge in [-0.25, -0.2) is 8.78 Å². The average molecular weight is 310 g/mol. The van der Waals surface area contributed by atoms with E-state index in [0.29, 0.717) is 11.4 Å². The highest BCUT2D eigenvalue weighted by atomic mass is 35.5. The van der Waals surface area contributed by atoms with Crippen LogP contribution in [0, 0.1) is 18.6 Å². The Morgan fingerprint density at radius 3 is 2.57 bits per heavy atom. The van der Waals surface area contributed by atoms with E-state index >= 15 is 0 Å². The van der Waals surface area contributed by atoms with Gasteiger partial charge in [0.25, 0.3) is 0 Å². The number of benzene rings is 2. The molecule has 4 heteroatoms. The van der Waals surface area contributed by atoms with Gasteiger partial charge in [0.15, 0.2) is 11.6 Å². The Morgan fingerprint density at radius 1 is 1.14 bits per heavy atom. The van der Waals surface area contributed by atoms with Crippen molar-refractivity contribution in [2.45, 2.75) is 26.3 Å². The predicted molar refractivity (Wildman–Crippen MR) is 82.7 cm³/mol. The van der Waals surface area contributed by atoms with Crippen molar-refractivity contribution in [3.05, 3.63) is 69.7 Å². The highest BCUT2D eigenvalue weighted by molar-refractivity contribution is 6.31. The maximum atomic E-state index is 13.3. The van der Waals surface area contributed by atoms with Gasteiger partial charge in [0.1, 0.15) is 0 Å². The summed E-state index contributed by atoms with van der Waals surface area (Å²) in [6.07, 6.45) is 0.576. The van der Waals surface area contributed by atoms with Crippen LogP contribution in [0.25, 0.3) is 0 Å². The topological polar surface area (TPSA) is 12.0 Å². The summed E-state index contributed by atoms with van der Waals surface area (Å²) in [5.74, 6) is -1.64. The molecule has 0 saturated heterocycles. The lowest BCUT2D eigenvalue weighted by molar-refractivity contribution is 0.502. The zero-order valence-corrected chi connectivity index (χ0v) is 12.8. The van der Waals surface area contributed by atoms with Crippen LogP contribution in [0.1, 0.15) is 29.7 Å². The van der Waals surface area contributed by atoms with Crippen LogP contribution in [0.15, 0.2) is 36.4 Å². The summed E-state index contributed by atoms with van der Waals surface area (Å²) < 4.78 is 26.4. The molecule has 2 aromatic rings. The van der Waals surface area contributed by atoms with Gasteiger partial charge in [-0.05, 0) is 54.8 Å². The summed E-state index contributed by atoms with van der Waals surface area (Å²) in [4.78, 5) is 0. The third-order valence-electron chi connectivity index (χ3n) is 3.56. The molecule has 0 saturated carbocycles. The number of hydrogen-bond acceptors (Lipinski definition) is 1. The fraction of sp³-hybridized carbons (Fsp3) is 0.294. The highest BCUT2D eigenvalue weighted by Crippen LogP contribution is 2.27. The molecule has 0 fully saturated rings. The van der Waals surface area contributed by atoms with Crippen LogP contribution in [0.5, 0.6) is 0 Å². The molecule has 0 aliphatic carbocycles. The van der Waals surface area contributed by atoms with Gasteiger partial charge in [0.05, 0.1) is 0 Å². The van der Waals surface area contributed by atoms with E-state index in [0.717, 1.165) is 23.2 Å². The van der Waals surface area contributed by atoms with E-state index in [2.05, 4.69) is 5.32 Å². The van der Waals surface area contributed by atoms with Gasteiger partial charge in [-0.1, -0.05) is 36.7 Å². The van der Waals surface area contributed by atoms with Crippen LogP contribution in [0.3, 0.4) is 0 Å². The third kappa shape index (κ3) is 3.80. The monoisotopic (exact) mass is 309 g/mol. The first-order valence-corrected chi connectivity index (χ1v) is 7.33. The van der Waals surface area contributed by atoms with Gasteiger partial charge in [0.2, 0.25) is 0 Å². The minimum absolute atomic E-state index is 0.0126. The van der Waals surface area contributed by atoms with Crippen LogP contribution >= 0.6 is 11.6 Å². The maximum Gasteiger partial charge on any atom is 0.159 e. The molecule has 0 amide bonds. The van der Waals surface area contributed by atoms with Crippen molar-refractivity contribution >= 4 is 11.6 Å². The number of halogens is 3. The van der Waals surface area contributed by atoms with E-state index in [4.69, 9.17) is 11.6 Å². The molecule has 0 aromatic heterocycles. The molecule has 0 spiro atoms. The van der Waals surface area contributed by atoms with Crippen molar-refractivity contribution in [3.63, 3.8) is 0 Å². The van der Waals surface area contributed by atoms with E-state index in [1.54, 1.807) is 6.07 Å². The van der Waals surface area contributed by atoms with Crippen LogP contribution < -0.4 is 5.32 Å². The Balaban J connectivity index is 2.30. The van der Waals surface area contributed by atoms with Crippen LogP contribution in [-0.2, 0) is 6.42 Å². The van der Waals surface area contributed by atoms with E-state index in [-0.39, 0.29) is 6.04 Å². The summed E-state index contributed by atoms with van der Waals surface area (Å²) in [6.45, 7) is 4.76. The van der Waals surface area contributed by atoms with Crippen LogP contribution in [0.2, 0.25) is 5.02 Å². The van der Waals surface area contributed by atoms with Gasteiger partial charge in [-0.3, -0.25) is 0 Å². The first kappa shape index (κ1) is 15.9. The smallest absolute Gasteiger partial charge is 0.159 e. The molecular weight excluding hydrogens is 292 g/mol. The number of rotatable bonds is 5. The second-order valence-electron chi connectivity index (χ2n) is 5.02. The first-order chi connectivity index (χ1) is 10.0. The van der Waals surface area contributed by atoms with E-state index in [1.165, 1.54) is 12.1 Å². The molecule has 1 N–H and O–H groups in total. The fourth-order valence-electron chi connectivity index (χ4n) is 2.44. The average Bonchev–Trinajstić information content (AvgIpc) is 2.45. The minimum Gasteiger partial charge on any atom is -0.310 e. The summed E-state index contributed by atoms with van der Waals surface area (Å²) in [7, 11) is 0. The molecule has 0 bridgehead atoms. The third-order valence-corrected chi connectivity index (χ3v) is 3.97. The lowest BCUT2D eigenvalue weighted by atomic mass is 9.95. The van der Waals surface area contributed by atoms with Crippen LogP contribution in [0.4, 0.5) is 8.78 Å². The van der Waals surface area contributed by atoms with Crippen molar-refractivity contribution in [1.82, 2.24) is 5.32 Å².